The Labute approximate surface area is 128 Å². The maximum Gasteiger partial charge on any atom is 0.240 e. The molecule has 1 saturated carbocycles. The summed E-state index contributed by atoms with van der Waals surface area (Å²) in [5.74, 6) is 0.352. The van der Waals surface area contributed by atoms with Gasteiger partial charge in [0.15, 0.2) is 0 Å². The molecule has 0 aromatic heterocycles. The Morgan fingerprint density at radius 2 is 1.81 bits per heavy atom. The van der Waals surface area contributed by atoms with Crippen LogP contribution >= 0.6 is 0 Å². The molecule has 0 saturated heterocycles. The lowest BCUT2D eigenvalue weighted by atomic mass is 9.94. The molecular weight excluding hydrogens is 284 g/mol. The highest BCUT2D eigenvalue weighted by Crippen LogP contribution is 2.24. The molecule has 118 valence electrons. The topological polar surface area (TPSA) is 58.2 Å². The molecule has 1 aromatic carbocycles. The van der Waals surface area contributed by atoms with Crippen molar-refractivity contribution in [2.45, 2.75) is 62.9 Å². The summed E-state index contributed by atoms with van der Waals surface area (Å²) in [6.07, 6.45) is 3.02. The van der Waals surface area contributed by atoms with Crippen molar-refractivity contribution in [3.8, 4) is 0 Å². The van der Waals surface area contributed by atoms with Gasteiger partial charge in [-0.05, 0) is 56.3 Å². The molecular formula is C16H26N2O2S. The second kappa shape index (κ2) is 6.90. The average molecular weight is 310 g/mol. The number of hydrogen-bond acceptors (Lipinski definition) is 3. The fourth-order valence-corrected chi connectivity index (χ4v) is 3.58. The van der Waals surface area contributed by atoms with Gasteiger partial charge in [-0.15, -0.1) is 0 Å². The standard InChI is InChI=1S/C16H26N2O2S/c1-4-11-17-13(3)12(2)14-5-9-16(10-6-14)21(19,20)18-15-7-8-15/h5-6,9-10,12-13,15,17-18H,4,7-8,11H2,1-3H3. The Hall–Kier alpha value is -0.910. The summed E-state index contributed by atoms with van der Waals surface area (Å²) in [6, 6.07) is 7.79. The van der Waals surface area contributed by atoms with Gasteiger partial charge >= 0.3 is 0 Å². The van der Waals surface area contributed by atoms with Crippen molar-refractivity contribution in [3.05, 3.63) is 29.8 Å². The van der Waals surface area contributed by atoms with E-state index in [1.165, 1.54) is 0 Å². The monoisotopic (exact) mass is 310 g/mol. The predicted octanol–water partition coefficient (Wildman–Crippen LogP) is 2.62. The Bertz CT molecular complexity index is 550. The van der Waals surface area contributed by atoms with Gasteiger partial charge in [-0.25, -0.2) is 13.1 Å². The van der Waals surface area contributed by atoms with Crippen molar-refractivity contribution in [3.63, 3.8) is 0 Å². The van der Waals surface area contributed by atoms with Crippen molar-refractivity contribution in [1.82, 2.24) is 10.0 Å². The molecule has 5 heteroatoms. The van der Waals surface area contributed by atoms with Gasteiger partial charge in [-0.1, -0.05) is 26.0 Å². The zero-order valence-electron chi connectivity index (χ0n) is 13.1. The van der Waals surface area contributed by atoms with Crippen molar-refractivity contribution in [1.29, 1.82) is 0 Å². The second-order valence-electron chi connectivity index (χ2n) is 6.00. The molecule has 1 fully saturated rings. The molecule has 4 nitrogen and oxygen atoms in total. The van der Waals surface area contributed by atoms with Gasteiger partial charge in [-0.2, -0.15) is 0 Å². The quantitative estimate of drug-likeness (QED) is 0.776. The lowest BCUT2D eigenvalue weighted by Gasteiger charge is -2.21. The molecule has 0 amide bonds. The molecule has 1 aliphatic rings. The van der Waals surface area contributed by atoms with Gasteiger partial charge in [0.05, 0.1) is 4.90 Å². The Kier molecular flexibility index (Phi) is 5.41. The third-order valence-electron chi connectivity index (χ3n) is 4.08. The highest BCUT2D eigenvalue weighted by molar-refractivity contribution is 7.89. The number of hydrogen-bond donors (Lipinski definition) is 2. The van der Waals surface area contributed by atoms with E-state index in [1.807, 2.05) is 12.1 Å². The van der Waals surface area contributed by atoms with E-state index in [1.54, 1.807) is 12.1 Å². The van der Waals surface area contributed by atoms with Crippen LogP contribution in [0.4, 0.5) is 0 Å². The first-order valence-electron chi connectivity index (χ1n) is 7.79. The first kappa shape index (κ1) is 16.5. The van der Waals surface area contributed by atoms with Crippen LogP contribution in [-0.2, 0) is 10.0 Å². The van der Waals surface area contributed by atoms with Crippen LogP contribution in [-0.4, -0.2) is 27.0 Å². The highest BCUT2D eigenvalue weighted by Gasteiger charge is 2.28. The van der Waals surface area contributed by atoms with E-state index in [0.717, 1.165) is 31.4 Å². The summed E-state index contributed by atoms with van der Waals surface area (Å²) >= 11 is 0. The highest BCUT2D eigenvalue weighted by atomic mass is 32.2. The van der Waals surface area contributed by atoms with E-state index in [-0.39, 0.29) is 6.04 Å². The lowest BCUT2D eigenvalue weighted by Crippen LogP contribution is -2.31. The molecule has 1 aromatic rings. The maximum absolute atomic E-state index is 12.1. The number of sulfonamides is 1. The smallest absolute Gasteiger partial charge is 0.240 e. The number of nitrogens with one attached hydrogen (secondary N) is 2. The fourth-order valence-electron chi connectivity index (χ4n) is 2.28. The summed E-state index contributed by atoms with van der Waals surface area (Å²) in [5.41, 5.74) is 1.16. The van der Waals surface area contributed by atoms with E-state index < -0.39 is 10.0 Å². The minimum Gasteiger partial charge on any atom is -0.314 e. The van der Waals surface area contributed by atoms with E-state index in [0.29, 0.717) is 16.9 Å². The molecule has 2 unspecified atom stereocenters. The third-order valence-corrected chi connectivity index (χ3v) is 5.62. The molecule has 0 radical (unpaired) electrons. The van der Waals surface area contributed by atoms with Crippen LogP contribution in [0.5, 0.6) is 0 Å². The lowest BCUT2D eigenvalue weighted by molar-refractivity contribution is 0.481. The van der Waals surface area contributed by atoms with Gasteiger partial charge in [0.1, 0.15) is 0 Å². The summed E-state index contributed by atoms with van der Waals surface area (Å²) in [7, 11) is -3.34. The molecule has 2 atom stereocenters. The number of benzene rings is 1. The largest absolute Gasteiger partial charge is 0.314 e. The van der Waals surface area contributed by atoms with Crippen molar-refractivity contribution in [2.75, 3.05) is 6.54 Å². The molecule has 2 N–H and O–H groups in total. The van der Waals surface area contributed by atoms with Gasteiger partial charge in [0.2, 0.25) is 10.0 Å². The molecule has 0 spiro atoms. The second-order valence-corrected chi connectivity index (χ2v) is 7.71. The first-order valence-corrected chi connectivity index (χ1v) is 9.28. The summed E-state index contributed by atoms with van der Waals surface area (Å²) in [4.78, 5) is 0.361. The zero-order valence-corrected chi connectivity index (χ0v) is 13.9. The van der Waals surface area contributed by atoms with Crippen LogP contribution in [0.25, 0.3) is 0 Å². The van der Waals surface area contributed by atoms with Crippen LogP contribution in [0.3, 0.4) is 0 Å². The summed E-state index contributed by atoms with van der Waals surface area (Å²) < 4.78 is 26.9. The maximum atomic E-state index is 12.1. The van der Waals surface area contributed by atoms with E-state index >= 15 is 0 Å². The van der Waals surface area contributed by atoms with Crippen LogP contribution in [0.15, 0.2) is 29.2 Å². The third kappa shape index (κ3) is 4.53. The van der Waals surface area contributed by atoms with Crippen LogP contribution in [0.1, 0.15) is 51.5 Å². The van der Waals surface area contributed by atoms with Gasteiger partial charge in [0.25, 0.3) is 0 Å². The van der Waals surface area contributed by atoms with Crippen molar-refractivity contribution < 1.29 is 8.42 Å². The van der Waals surface area contributed by atoms with Crippen LogP contribution in [0.2, 0.25) is 0 Å². The minimum absolute atomic E-state index is 0.145. The fraction of sp³-hybridized carbons (Fsp3) is 0.625. The summed E-state index contributed by atoms with van der Waals surface area (Å²) in [6.45, 7) is 7.49. The Balaban J connectivity index is 2.03. The summed E-state index contributed by atoms with van der Waals surface area (Å²) in [5, 5.41) is 3.48. The van der Waals surface area contributed by atoms with Crippen LogP contribution < -0.4 is 10.0 Å². The normalized spacial score (nSPS) is 18.4. The zero-order chi connectivity index (χ0) is 15.5. The van der Waals surface area contributed by atoms with Gasteiger partial charge in [-0.3, -0.25) is 0 Å². The average Bonchev–Trinajstić information content (AvgIpc) is 3.27. The Morgan fingerprint density at radius 3 is 2.33 bits per heavy atom. The number of rotatable bonds is 8. The molecule has 0 bridgehead atoms. The predicted molar refractivity (Wildman–Crippen MR) is 86.0 cm³/mol. The van der Waals surface area contributed by atoms with Crippen molar-refractivity contribution >= 4 is 10.0 Å². The van der Waals surface area contributed by atoms with Crippen molar-refractivity contribution in [2.24, 2.45) is 0 Å². The SMILES string of the molecule is CCCNC(C)C(C)c1ccc(S(=O)(=O)NC2CC2)cc1. The van der Waals surface area contributed by atoms with E-state index in [4.69, 9.17) is 0 Å². The van der Waals surface area contributed by atoms with Gasteiger partial charge in [0, 0.05) is 12.1 Å². The van der Waals surface area contributed by atoms with Crippen LogP contribution in [0, 0.1) is 0 Å². The molecule has 1 aliphatic carbocycles. The first-order chi connectivity index (χ1) is 9.94. The minimum atomic E-state index is -3.34. The molecule has 2 rings (SSSR count). The van der Waals surface area contributed by atoms with E-state index in [9.17, 15) is 8.42 Å². The molecule has 0 aliphatic heterocycles. The molecule has 0 heterocycles. The van der Waals surface area contributed by atoms with Gasteiger partial charge < -0.3 is 5.32 Å². The molecule has 21 heavy (non-hydrogen) atoms. The van der Waals surface area contributed by atoms with E-state index in [2.05, 4.69) is 30.8 Å². The Morgan fingerprint density at radius 1 is 1.19 bits per heavy atom.